The predicted octanol–water partition coefficient (Wildman–Crippen LogP) is 2.94. The maximum Gasteiger partial charge on any atom is 0.225 e. The number of Topliss-reactive ketones (excluding diaryl/α,β-unsaturated/α-hetero) is 1. The minimum atomic E-state index is 0.0968. The van der Waals surface area contributed by atoms with E-state index < -0.39 is 0 Å². The van der Waals surface area contributed by atoms with E-state index in [-0.39, 0.29) is 17.9 Å². The predicted molar refractivity (Wildman–Crippen MR) is 82.0 cm³/mol. The van der Waals surface area contributed by atoms with E-state index in [1.54, 1.807) is 0 Å². The highest BCUT2D eigenvalue weighted by Crippen LogP contribution is 2.32. The second-order valence-corrected chi connectivity index (χ2v) is 6.33. The molecule has 1 heterocycles. The lowest BCUT2D eigenvalue weighted by Gasteiger charge is -2.41. The van der Waals surface area contributed by atoms with Crippen molar-refractivity contribution in [2.24, 2.45) is 5.92 Å². The largest absolute Gasteiger partial charge is 0.381 e. The Hall–Kier alpha value is -0.900. The van der Waals surface area contributed by atoms with Gasteiger partial charge in [-0.1, -0.05) is 13.3 Å². The molecule has 2 aliphatic rings. The highest BCUT2D eigenvalue weighted by molar-refractivity contribution is 5.84. The molecular weight excluding hydrogens is 266 g/mol. The van der Waals surface area contributed by atoms with Crippen molar-refractivity contribution in [2.45, 2.75) is 70.8 Å². The maximum absolute atomic E-state index is 12.5. The van der Waals surface area contributed by atoms with Crippen molar-refractivity contribution < 1.29 is 14.3 Å². The Morgan fingerprint density at radius 3 is 2.76 bits per heavy atom. The van der Waals surface area contributed by atoms with Gasteiger partial charge in [0.15, 0.2) is 0 Å². The van der Waals surface area contributed by atoms with Gasteiger partial charge in [0.25, 0.3) is 0 Å². The van der Waals surface area contributed by atoms with Gasteiger partial charge >= 0.3 is 0 Å². The van der Waals surface area contributed by atoms with Gasteiger partial charge in [0.2, 0.25) is 5.91 Å². The van der Waals surface area contributed by atoms with Gasteiger partial charge in [-0.2, -0.15) is 0 Å². The summed E-state index contributed by atoms with van der Waals surface area (Å²) in [7, 11) is 0. The fourth-order valence-corrected chi connectivity index (χ4v) is 3.65. The molecule has 1 aliphatic carbocycles. The molecule has 1 aliphatic heterocycles. The van der Waals surface area contributed by atoms with Crippen LogP contribution in [0.25, 0.3) is 0 Å². The summed E-state index contributed by atoms with van der Waals surface area (Å²) >= 11 is 0. The van der Waals surface area contributed by atoms with E-state index in [1.165, 1.54) is 0 Å². The average molecular weight is 295 g/mol. The van der Waals surface area contributed by atoms with Gasteiger partial charge in [0, 0.05) is 31.5 Å². The fraction of sp³-hybridized carbons (Fsp3) is 0.882. The van der Waals surface area contributed by atoms with Crippen molar-refractivity contribution in [3.05, 3.63) is 0 Å². The van der Waals surface area contributed by atoms with Crippen LogP contribution in [0.4, 0.5) is 0 Å². The van der Waals surface area contributed by atoms with E-state index in [0.29, 0.717) is 25.2 Å². The second-order valence-electron chi connectivity index (χ2n) is 6.33. The van der Waals surface area contributed by atoms with Crippen LogP contribution in [-0.2, 0) is 14.3 Å². The summed E-state index contributed by atoms with van der Waals surface area (Å²) in [5.74, 6) is 0.655. The molecule has 2 unspecified atom stereocenters. The van der Waals surface area contributed by atoms with Crippen LogP contribution in [0.1, 0.15) is 64.7 Å². The molecule has 1 amide bonds. The number of ketones is 1. The zero-order chi connectivity index (χ0) is 15.1. The highest BCUT2D eigenvalue weighted by atomic mass is 16.5. The standard InChI is InChI=1S/C17H29NO3/c1-2-12-21-13-10-17(20)18-11-6-5-8-15(18)14-7-3-4-9-16(14)19/h14-15H,2-13H2,1H3. The molecule has 4 nitrogen and oxygen atoms in total. The number of nitrogens with zero attached hydrogens (tertiary/aromatic N) is 1. The van der Waals surface area contributed by atoms with Crippen molar-refractivity contribution in [2.75, 3.05) is 19.8 Å². The zero-order valence-electron chi connectivity index (χ0n) is 13.3. The average Bonchev–Trinajstić information content (AvgIpc) is 2.52. The summed E-state index contributed by atoms with van der Waals surface area (Å²) in [4.78, 5) is 26.6. The number of amides is 1. The molecule has 21 heavy (non-hydrogen) atoms. The topological polar surface area (TPSA) is 46.6 Å². The summed E-state index contributed by atoms with van der Waals surface area (Å²) in [6, 6.07) is 0.158. The monoisotopic (exact) mass is 295 g/mol. The van der Waals surface area contributed by atoms with Crippen molar-refractivity contribution in [1.82, 2.24) is 4.90 Å². The molecular formula is C17H29NO3. The van der Waals surface area contributed by atoms with E-state index in [4.69, 9.17) is 4.74 Å². The number of hydrogen-bond donors (Lipinski definition) is 0. The molecule has 1 saturated carbocycles. The minimum absolute atomic E-state index is 0.0968. The van der Waals surface area contributed by atoms with Crippen LogP contribution in [0.15, 0.2) is 0 Å². The molecule has 0 aromatic rings. The van der Waals surface area contributed by atoms with Crippen LogP contribution >= 0.6 is 0 Å². The smallest absolute Gasteiger partial charge is 0.225 e. The van der Waals surface area contributed by atoms with Gasteiger partial charge in [0.05, 0.1) is 13.0 Å². The van der Waals surface area contributed by atoms with Crippen molar-refractivity contribution in [3.63, 3.8) is 0 Å². The molecule has 0 bridgehead atoms. The lowest BCUT2D eigenvalue weighted by molar-refractivity contribution is -0.140. The first-order valence-corrected chi connectivity index (χ1v) is 8.64. The van der Waals surface area contributed by atoms with Gasteiger partial charge in [-0.25, -0.2) is 0 Å². The van der Waals surface area contributed by atoms with Crippen LogP contribution in [0.5, 0.6) is 0 Å². The van der Waals surface area contributed by atoms with Gasteiger partial charge in [-0.3, -0.25) is 9.59 Å². The third-order valence-corrected chi connectivity index (χ3v) is 4.74. The van der Waals surface area contributed by atoms with E-state index in [1.807, 2.05) is 4.90 Å². The van der Waals surface area contributed by atoms with E-state index in [2.05, 4.69) is 6.92 Å². The normalized spacial score (nSPS) is 26.9. The number of carbonyl (C=O) groups is 2. The number of likely N-dealkylation sites (tertiary alicyclic amines) is 1. The number of carbonyl (C=O) groups excluding carboxylic acids is 2. The molecule has 0 radical (unpaired) electrons. The van der Waals surface area contributed by atoms with Crippen molar-refractivity contribution in [3.8, 4) is 0 Å². The molecule has 2 fully saturated rings. The molecule has 4 heteroatoms. The molecule has 2 atom stereocenters. The SMILES string of the molecule is CCCOCCC(=O)N1CCCCC1C1CCCCC1=O. The zero-order valence-corrected chi connectivity index (χ0v) is 13.3. The molecule has 2 rings (SSSR count). The highest BCUT2D eigenvalue weighted by Gasteiger charge is 2.37. The van der Waals surface area contributed by atoms with Gasteiger partial charge in [-0.05, 0) is 38.5 Å². The quantitative estimate of drug-likeness (QED) is 0.708. The lowest BCUT2D eigenvalue weighted by Crippen LogP contribution is -2.50. The minimum Gasteiger partial charge on any atom is -0.381 e. The first-order valence-electron chi connectivity index (χ1n) is 8.64. The first-order chi connectivity index (χ1) is 10.2. The van der Waals surface area contributed by atoms with Gasteiger partial charge in [-0.15, -0.1) is 0 Å². The Bertz CT molecular complexity index is 356. The number of ether oxygens (including phenoxy) is 1. The Kier molecular flexibility index (Phi) is 6.68. The Morgan fingerprint density at radius 1 is 1.19 bits per heavy atom. The Labute approximate surface area is 128 Å². The number of rotatable bonds is 6. The molecule has 0 N–H and O–H groups in total. The number of piperidine rings is 1. The summed E-state index contributed by atoms with van der Waals surface area (Å²) in [6.45, 7) is 4.12. The summed E-state index contributed by atoms with van der Waals surface area (Å²) in [5.41, 5.74) is 0. The van der Waals surface area contributed by atoms with E-state index in [9.17, 15) is 9.59 Å². The first kappa shape index (κ1) is 16.5. The van der Waals surface area contributed by atoms with Crippen LogP contribution in [-0.4, -0.2) is 42.4 Å². The van der Waals surface area contributed by atoms with Crippen LogP contribution < -0.4 is 0 Å². The molecule has 0 aromatic heterocycles. The molecule has 0 spiro atoms. The van der Waals surface area contributed by atoms with Crippen molar-refractivity contribution >= 4 is 11.7 Å². The Morgan fingerprint density at radius 2 is 2.00 bits per heavy atom. The Balaban J connectivity index is 1.91. The van der Waals surface area contributed by atoms with Gasteiger partial charge in [0.1, 0.15) is 5.78 Å². The van der Waals surface area contributed by atoms with Crippen LogP contribution in [0, 0.1) is 5.92 Å². The summed E-state index contributed by atoms with van der Waals surface area (Å²) in [6.07, 6.45) is 8.49. The maximum atomic E-state index is 12.5. The van der Waals surface area contributed by atoms with Crippen molar-refractivity contribution in [1.29, 1.82) is 0 Å². The van der Waals surface area contributed by atoms with E-state index in [0.717, 1.165) is 58.1 Å². The third kappa shape index (κ3) is 4.53. The third-order valence-electron chi connectivity index (χ3n) is 4.74. The second kappa shape index (κ2) is 8.52. The number of hydrogen-bond acceptors (Lipinski definition) is 3. The summed E-state index contributed by atoms with van der Waals surface area (Å²) < 4.78 is 5.43. The summed E-state index contributed by atoms with van der Waals surface area (Å²) in [5, 5.41) is 0. The molecule has 0 aromatic carbocycles. The van der Waals surface area contributed by atoms with Crippen LogP contribution in [0.3, 0.4) is 0 Å². The molecule has 120 valence electrons. The van der Waals surface area contributed by atoms with Crippen LogP contribution in [0.2, 0.25) is 0 Å². The van der Waals surface area contributed by atoms with E-state index >= 15 is 0 Å². The van der Waals surface area contributed by atoms with Gasteiger partial charge < -0.3 is 9.64 Å². The fourth-order valence-electron chi connectivity index (χ4n) is 3.65. The molecule has 1 saturated heterocycles. The lowest BCUT2D eigenvalue weighted by atomic mass is 9.79.